The Morgan fingerprint density at radius 1 is 1.00 bits per heavy atom. The van der Waals surface area contributed by atoms with E-state index < -0.39 is 0 Å². The SMILES string of the molecule is CCN(CC)C(=O)c1ccc2c(c1)N(CC(=O)NC1CCCCC1)C(=O)[C@@H]1CCCCN21. The van der Waals surface area contributed by atoms with Gasteiger partial charge in [-0.3, -0.25) is 19.3 Å². The zero-order valence-corrected chi connectivity index (χ0v) is 19.4. The van der Waals surface area contributed by atoms with Crippen LogP contribution in [0.4, 0.5) is 11.4 Å². The summed E-state index contributed by atoms with van der Waals surface area (Å²) in [5, 5.41) is 3.14. The summed E-state index contributed by atoms with van der Waals surface area (Å²) in [7, 11) is 0. The lowest BCUT2D eigenvalue weighted by Crippen LogP contribution is -2.57. The maximum absolute atomic E-state index is 13.5. The molecule has 7 nitrogen and oxygen atoms in total. The first-order valence-electron chi connectivity index (χ1n) is 12.3. The summed E-state index contributed by atoms with van der Waals surface area (Å²) >= 11 is 0. The van der Waals surface area contributed by atoms with Crippen molar-refractivity contribution in [2.45, 2.75) is 77.3 Å². The summed E-state index contributed by atoms with van der Waals surface area (Å²) in [6.07, 6.45) is 8.40. The molecule has 1 N–H and O–H groups in total. The standard InChI is InChI=1S/C25H36N4O3/c1-3-27(4-2)24(31)18-13-14-20-22(16-18)29(25(32)21-12-8-9-15-28(20)21)17-23(30)26-19-10-6-5-7-11-19/h13-14,16,19,21H,3-12,15,17H2,1-2H3,(H,26,30)/t21-/m0/s1. The second-order valence-electron chi connectivity index (χ2n) is 9.21. The van der Waals surface area contributed by atoms with E-state index in [1.54, 1.807) is 9.80 Å². The molecule has 4 rings (SSSR count). The quantitative estimate of drug-likeness (QED) is 0.737. The molecule has 7 heteroatoms. The van der Waals surface area contributed by atoms with Crippen LogP contribution >= 0.6 is 0 Å². The summed E-state index contributed by atoms with van der Waals surface area (Å²) < 4.78 is 0. The van der Waals surface area contributed by atoms with Crippen molar-refractivity contribution in [2.75, 3.05) is 36.0 Å². The highest BCUT2D eigenvalue weighted by atomic mass is 16.2. The minimum atomic E-state index is -0.219. The van der Waals surface area contributed by atoms with E-state index in [1.807, 2.05) is 32.0 Å². The van der Waals surface area contributed by atoms with Gasteiger partial charge in [0.15, 0.2) is 0 Å². The fourth-order valence-electron chi connectivity index (χ4n) is 5.41. The molecule has 0 spiro atoms. The van der Waals surface area contributed by atoms with E-state index in [4.69, 9.17) is 0 Å². The number of benzene rings is 1. The summed E-state index contributed by atoms with van der Waals surface area (Å²) in [5.74, 6) is -0.179. The maximum Gasteiger partial charge on any atom is 0.253 e. The lowest BCUT2D eigenvalue weighted by molar-refractivity contribution is -0.125. The van der Waals surface area contributed by atoms with Crippen LogP contribution in [0.3, 0.4) is 0 Å². The average Bonchev–Trinajstić information content (AvgIpc) is 2.82. The molecule has 0 unspecified atom stereocenters. The lowest BCUT2D eigenvalue weighted by Gasteiger charge is -2.45. The fourth-order valence-corrected chi connectivity index (χ4v) is 5.41. The number of hydrogen-bond acceptors (Lipinski definition) is 4. The molecular formula is C25H36N4O3. The molecular weight excluding hydrogens is 404 g/mol. The Bertz CT molecular complexity index is 861. The van der Waals surface area contributed by atoms with Crippen molar-refractivity contribution in [1.82, 2.24) is 10.2 Å². The van der Waals surface area contributed by atoms with Gasteiger partial charge >= 0.3 is 0 Å². The van der Waals surface area contributed by atoms with Crippen LogP contribution in [0.1, 0.15) is 75.6 Å². The molecule has 1 atom stereocenters. The summed E-state index contributed by atoms with van der Waals surface area (Å²) in [5.41, 5.74) is 2.20. The minimum Gasteiger partial charge on any atom is -0.358 e. The Hall–Kier alpha value is -2.57. The number of carbonyl (C=O) groups excluding carboxylic acids is 3. The van der Waals surface area contributed by atoms with Crippen molar-refractivity contribution in [2.24, 2.45) is 0 Å². The highest BCUT2D eigenvalue weighted by Crippen LogP contribution is 2.40. The first-order valence-corrected chi connectivity index (χ1v) is 12.3. The predicted octanol–water partition coefficient (Wildman–Crippen LogP) is 3.32. The van der Waals surface area contributed by atoms with Crippen LogP contribution in [-0.4, -0.2) is 60.9 Å². The van der Waals surface area contributed by atoms with E-state index in [-0.39, 0.29) is 36.3 Å². The fraction of sp³-hybridized carbons (Fsp3) is 0.640. The number of anilines is 2. The third-order valence-corrected chi connectivity index (χ3v) is 7.20. The van der Waals surface area contributed by atoms with Crippen molar-refractivity contribution in [3.63, 3.8) is 0 Å². The highest BCUT2D eigenvalue weighted by Gasteiger charge is 2.40. The number of carbonyl (C=O) groups is 3. The Morgan fingerprint density at radius 3 is 2.44 bits per heavy atom. The number of nitrogens with zero attached hydrogens (tertiary/aromatic N) is 3. The lowest BCUT2D eigenvalue weighted by atomic mass is 9.94. The van der Waals surface area contributed by atoms with Gasteiger partial charge in [0.1, 0.15) is 12.6 Å². The monoisotopic (exact) mass is 440 g/mol. The number of fused-ring (bicyclic) bond motifs is 3. The van der Waals surface area contributed by atoms with Gasteiger partial charge in [-0.05, 0) is 64.2 Å². The number of piperidine rings is 1. The van der Waals surface area contributed by atoms with E-state index in [9.17, 15) is 14.4 Å². The molecule has 32 heavy (non-hydrogen) atoms. The molecule has 174 valence electrons. The maximum atomic E-state index is 13.5. The molecule has 1 saturated heterocycles. The highest BCUT2D eigenvalue weighted by molar-refractivity contribution is 6.09. The van der Waals surface area contributed by atoms with Crippen LogP contribution in [0, 0.1) is 0 Å². The number of amides is 3. The van der Waals surface area contributed by atoms with Crippen LogP contribution in [0.2, 0.25) is 0 Å². The van der Waals surface area contributed by atoms with Gasteiger partial charge in [-0.2, -0.15) is 0 Å². The molecule has 3 aliphatic rings. The summed E-state index contributed by atoms with van der Waals surface area (Å²) in [6.45, 7) is 6.03. The van der Waals surface area contributed by atoms with Gasteiger partial charge in [-0.15, -0.1) is 0 Å². The number of hydrogen-bond donors (Lipinski definition) is 1. The third kappa shape index (κ3) is 4.48. The molecule has 1 aromatic rings. The van der Waals surface area contributed by atoms with E-state index in [2.05, 4.69) is 10.2 Å². The van der Waals surface area contributed by atoms with Crippen molar-refractivity contribution < 1.29 is 14.4 Å². The van der Waals surface area contributed by atoms with E-state index in [1.165, 1.54) is 6.42 Å². The molecule has 0 bridgehead atoms. The van der Waals surface area contributed by atoms with Gasteiger partial charge in [-0.25, -0.2) is 0 Å². The molecule has 1 aliphatic carbocycles. The van der Waals surface area contributed by atoms with Crippen LogP contribution in [0.5, 0.6) is 0 Å². The second kappa shape index (κ2) is 9.92. The van der Waals surface area contributed by atoms with Crippen LogP contribution in [-0.2, 0) is 9.59 Å². The molecule has 0 radical (unpaired) electrons. The first-order chi connectivity index (χ1) is 15.5. The Kier molecular flexibility index (Phi) is 7.01. The Labute approximate surface area is 191 Å². The van der Waals surface area contributed by atoms with Crippen LogP contribution < -0.4 is 15.1 Å². The van der Waals surface area contributed by atoms with Gasteiger partial charge in [0.2, 0.25) is 11.8 Å². The predicted molar refractivity (Wildman–Crippen MR) is 126 cm³/mol. The molecule has 0 aromatic heterocycles. The molecule has 2 aliphatic heterocycles. The van der Waals surface area contributed by atoms with Gasteiger partial charge in [0.05, 0.1) is 11.4 Å². The van der Waals surface area contributed by atoms with Crippen LogP contribution in [0.15, 0.2) is 18.2 Å². The van der Waals surface area contributed by atoms with Gasteiger partial charge in [0.25, 0.3) is 5.91 Å². The molecule has 2 heterocycles. The van der Waals surface area contributed by atoms with Gasteiger partial charge in [0, 0.05) is 31.2 Å². The average molecular weight is 441 g/mol. The van der Waals surface area contributed by atoms with Crippen molar-refractivity contribution in [1.29, 1.82) is 0 Å². The topological polar surface area (TPSA) is 73.0 Å². The Balaban J connectivity index is 1.63. The molecule has 1 saturated carbocycles. The normalized spacial score (nSPS) is 21.1. The molecule has 1 aromatic carbocycles. The van der Waals surface area contributed by atoms with Crippen LogP contribution in [0.25, 0.3) is 0 Å². The summed E-state index contributed by atoms with van der Waals surface area (Å²) in [4.78, 5) is 45.0. The minimum absolute atomic E-state index is 0.00951. The van der Waals surface area contributed by atoms with Gasteiger partial charge in [-0.1, -0.05) is 19.3 Å². The molecule has 2 fully saturated rings. The molecule has 3 amide bonds. The Morgan fingerprint density at radius 2 is 1.72 bits per heavy atom. The van der Waals surface area contributed by atoms with E-state index in [0.717, 1.165) is 57.2 Å². The van der Waals surface area contributed by atoms with E-state index >= 15 is 0 Å². The smallest absolute Gasteiger partial charge is 0.253 e. The van der Waals surface area contributed by atoms with Gasteiger partial charge < -0.3 is 15.1 Å². The first kappa shape index (κ1) is 22.6. The zero-order chi connectivity index (χ0) is 22.7. The van der Waals surface area contributed by atoms with Crippen molar-refractivity contribution in [3.8, 4) is 0 Å². The number of rotatable bonds is 6. The second-order valence-corrected chi connectivity index (χ2v) is 9.21. The van der Waals surface area contributed by atoms with E-state index in [0.29, 0.717) is 24.3 Å². The van der Waals surface area contributed by atoms with Crippen molar-refractivity contribution >= 4 is 29.1 Å². The zero-order valence-electron chi connectivity index (χ0n) is 19.4. The van der Waals surface area contributed by atoms with Crippen molar-refractivity contribution in [3.05, 3.63) is 23.8 Å². The number of nitrogens with one attached hydrogen (secondary N) is 1. The third-order valence-electron chi connectivity index (χ3n) is 7.20. The summed E-state index contributed by atoms with van der Waals surface area (Å²) in [6, 6.07) is 5.62. The largest absolute Gasteiger partial charge is 0.358 e.